The van der Waals surface area contributed by atoms with Crippen molar-refractivity contribution in [3.05, 3.63) is 102 Å². The molecule has 4 heterocycles. The molecular weight excluding hydrogens is 874 g/mol. The molecule has 4 aromatic heterocycles. The third-order valence-corrected chi connectivity index (χ3v) is 15.7. The lowest BCUT2D eigenvalue weighted by atomic mass is 10.0. The Bertz CT molecular complexity index is 2570. The van der Waals surface area contributed by atoms with Crippen molar-refractivity contribution in [1.82, 2.24) is 19.6 Å². The van der Waals surface area contributed by atoms with Gasteiger partial charge in [-0.25, -0.2) is 9.36 Å². The summed E-state index contributed by atoms with van der Waals surface area (Å²) in [5.41, 5.74) is 5.88. The number of rotatable bonds is 12. The van der Waals surface area contributed by atoms with Crippen molar-refractivity contribution >= 4 is 89.3 Å². The van der Waals surface area contributed by atoms with E-state index in [0.717, 1.165) is 33.8 Å². The van der Waals surface area contributed by atoms with E-state index in [2.05, 4.69) is 0 Å². The second-order valence-electron chi connectivity index (χ2n) is 13.3. The highest BCUT2D eigenvalue weighted by atomic mass is 35.5. The summed E-state index contributed by atoms with van der Waals surface area (Å²) in [5.74, 6) is 0. The first-order valence-electron chi connectivity index (χ1n) is 16.7. The van der Waals surface area contributed by atoms with E-state index in [-0.39, 0.29) is 8.42 Å². The highest BCUT2D eigenvalue weighted by Crippen LogP contribution is 2.49. The molecular formula is C35H28Cl4N4O8S4. The zero-order valence-corrected chi connectivity index (χ0v) is 34.4. The number of benzene rings is 2. The zero-order valence-electron chi connectivity index (χ0n) is 28.1. The molecule has 12 nitrogen and oxygen atoms in total. The lowest BCUT2D eigenvalue weighted by Gasteiger charge is -2.12. The first-order chi connectivity index (χ1) is 26.0. The lowest BCUT2D eigenvalue weighted by Crippen LogP contribution is -2.05. The molecule has 2 aliphatic rings. The largest absolute Gasteiger partial charge is 0.387 e. The Kier molecular flexibility index (Phi) is 10.3. The molecule has 20 heteroatoms. The van der Waals surface area contributed by atoms with E-state index in [1.807, 2.05) is 0 Å². The van der Waals surface area contributed by atoms with Crippen LogP contribution in [-0.2, 0) is 33.1 Å². The van der Waals surface area contributed by atoms with Crippen molar-refractivity contribution in [1.29, 1.82) is 0 Å². The number of aliphatic hydroxyl groups excluding tert-OH is 2. The van der Waals surface area contributed by atoms with E-state index in [1.165, 1.54) is 12.1 Å². The summed E-state index contributed by atoms with van der Waals surface area (Å²) in [6.07, 6.45) is 1.24. The first-order valence-corrected chi connectivity index (χ1v) is 22.7. The second-order valence-corrected chi connectivity index (χ2v) is 20.3. The van der Waals surface area contributed by atoms with Crippen LogP contribution in [0.2, 0.25) is 20.1 Å². The summed E-state index contributed by atoms with van der Waals surface area (Å²) < 4.78 is 69.9. The number of halogens is 4. The third-order valence-electron chi connectivity index (χ3n) is 9.64. The SMILES string of the molecule is O=S(=O)(O)c1cc2c(s1)-c1c(c(C(O)CCCCCC(O)c3nn(-c4ccc(Cl)cc4Cl)c4c3Cc3cc(S(=O)(=O)O)sc3-4)nn1-c1ccc(Cl)cc1Cl)C2. The normalized spacial score (nSPS) is 14.5. The molecule has 0 spiro atoms. The zero-order chi connectivity index (χ0) is 39.1. The van der Waals surface area contributed by atoms with Crippen molar-refractivity contribution in [2.24, 2.45) is 0 Å². The van der Waals surface area contributed by atoms with Gasteiger partial charge in [0.2, 0.25) is 0 Å². The molecule has 2 unspecified atom stereocenters. The maximum atomic E-state index is 11.9. The average molecular weight is 903 g/mol. The maximum Gasteiger partial charge on any atom is 0.304 e. The van der Waals surface area contributed by atoms with Crippen molar-refractivity contribution in [3.8, 4) is 32.5 Å². The summed E-state index contributed by atoms with van der Waals surface area (Å²) in [7, 11) is -8.85. The van der Waals surface area contributed by atoms with Gasteiger partial charge in [-0.3, -0.25) is 9.11 Å². The number of aromatic nitrogens is 4. The molecule has 2 aromatic carbocycles. The molecule has 0 saturated carbocycles. The summed E-state index contributed by atoms with van der Waals surface area (Å²) in [5, 5.41) is 33.8. The smallest absolute Gasteiger partial charge is 0.304 e. The standard InChI is InChI=1S/C35H28Cl4N4O8S4/c36-18-6-8-24(22(38)14-18)42-32-20(10-16-12-28(52-34(16)32)54(46,47)48)30(40-42)26(44)4-2-1-3-5-27(45)31-21-11-17-13-29(55(49,50)51)53-35(17)33(21)43(41-31)25-9-7-19(37)15-23(25)39/h6-9,12-15,26-27,44-45H,1-5,10-11H2,(H,46,47,48)(H,49,50,51). The molecule has 0 saturated heterocycles. The number of fused-ring (bicyclic) bond motifs is 6. The van der Waals surface area contributed by atoms with Gasteiger partial charge in [-0.15, -0.1) is 22.7 Å². The van der Waals surface area contributed by atoms with Crippen LogP contribution in [0, 0.1) is 0 Å². The van der Waals surface area contributed by atoms with E-state index < -0.39 is 32.4 Å². The van der Waals surface area contributed by atoms with E-state index in [4.69, 9.17) is 56.6 Å². The number of nitrogens with zero attached hydrogens (tertiary/aromatic N) is 4. The second kappa shape index (κ2) is 14.5. The Morgan fingerprint density at radius 3 is 1.40 bits per heavy atom. The van der Waals surface area contributed by atoms with Crippen LogP contribution < -0.4 is 0 Å². The van der Waals surface area contributed by atoms with Crippen LogP contribution in [-0.4, -0.2) is 55.7 Å². The highest BCUT2D eigenvalue weighted by molar-refractivity contribution is 7.88. The molecule has 6 aromatic rings. The minimum atomic E-state index is -4.42. The van der Waals surface area contributed by atoms with E-state index in [0.29, 0.717) is 120 Å². The predicted octanol–water partition coefficient (Wildman–Crippen LogP) is 9.15. The molecule has 8 rings (SSSR count). The topological polar surface area (TPSA) is 185 Å². The fraction of sp³-hybridized carbons (Fsp3) is 0.257. The summed E-state index contributed by atoms with van der Waals surface area (Å²) in [4.78, 5) is 1.21. The highest BCUT2D eigenvalue weighted by Gasteiger charge is 2.36. The number of hydrogen-bond donors (Lipinski definition) is 4. The van der Waals surface area contributed by atoms with Gasteiger partial charge in [-0.2, -0.15) is 27.0 Å². The van der Waals surface area contributed by atoms with Crippen LogP contribution in [0.15, 0.2) is 56.9 Å². The van der Waals surface area contributed by atoms with Gasteiger partial charge in [-0.1, -0.05) is 65.7 Å². The number of hydrogen-bond acceptors (Lipinski definition) is 10. The third kappa shape index (κ3) is 7.19. The number of aliphatic hydroxyl groups is 2. The van der Waals surface area contributed by atoms with Crippen LogP contribution in [0.5, 0.6) is 0 Å². The Morgan fingerprint density at radius 1 is 0.636 bits per heavy atom. The summed E-state index contributed by atoms with van der Waals surface area (Å²) in [6.45, 7) is 0. The monoisotopic (exact) mass is 900 g/mol. The van der Waals surface area contributed by atoms with Crippen molar-refractivity contribution in [3.63, 3.8) is 0 Å². The Hall–Kier alpha value is -2.84. The van der Waals surface area contributed by atoms with Crippen LogP contribution in [0.1, 0.15) is 78.0 Å². The van der Waals surface area contributed by atoms with Crippen LogP contribution in [0.25, 0.3) is 32.5 Å². The predicted molar refractivity (Wildman–Crippen MR) is 212 cm³/mol. The molecule has 4 N–H and O–H groups in total. The van der Waals surface area contributed by atoms with Gasteiger partial charge in [0.15, 0.2) is 0 Å². The molecule has 0 aliphatic heterocycles. The lowest BCUT2D eigenvalue weighted by molar-refractivity contribution is 0.148. The van der Waals surface area contributed by atoms with Gasteiger partial charge >= 0.3 is 20.2 Å². The van der Waals surface area contributed by atoms with E-state index in [9.17, 15) is 36.2 Å². The van der Waals surface area contributed by atoms with Gasteiger partial charge in [-0.05, 0) is 72.5 Å². The van der Waals surface area contributed by atoms with Gasteiger partial charge in [0.25, 0.3) is 0 Å². The molecule has 0 radical (unpaired) electrons. The quantitative estimate of drug-likeness (QED) is 0.0681. The Labute approximate surface area is 343 Å². The van der Waals surface area contributed by atoms with Crippen LogP contribution in [0.3, 0.4) is 0 Å². The maximum absolute atomic E-state index is 11.9. The number of thiophene rings is 2. The van der Waals surface area contributed by atoms with Crippen molar-refractivity contribution in [2.75, 3.05) is 0 Å². The van der Waals surface area contributed by atoms with Gasteiger partial charge in [0.1, 0.15) is 8.42 Å². The molecule has 0 amide bonds. The molecule has 288 valence electrons. The Morgan fingerprint density at radius 2 is 1.04 bits per heavy atom. The first kappa shape index (κ1) is 39.0. The molecule has 0 fully saturated rings. The van der Waals surface area contributed by atoms with Gasteiger partial charge in [0.05, 0.1) is 66.2 Å². The van der Waals surface area contributed by atoms with Crippen LogP contribution >= 0.6 is 69.1 Å². The Balaban J connectivity index is 0.991. The van der Waals surface area contributed by atoms with Crippen molar-refractivity contribution in [2.45, 2.75) is 65.6 Å². The molecule has 2 atom stereocenters. The van der Waals surface area contributed by atoms with Gasteiger partial charge in [0, 0.05) is 34.0 Å². The minimum Gasteiger partial charge on any atom is -0.387 e. The fourth-order valence-electron chi connectivity index (χ4n) is 7.17. The van der Waals surface area contributed by atoms with E-state index >= 15 is 0 Å². The van der Waals surface area contributed by atoms with Gasteiger partial charge < -0.3 is 10.2 Å². The average Bonchev–Trinajstić information content (AvgIpc) is 3.92. The van der Waals surface area contributed by atoms with Crippen molar-refractivity contribution < 1.29 is 36.2 Å². The number of unbranched alkanes of at least 4 members (excludes halogenated alkanes) is 2. The summed E-state index contributed by atoms with van der Waals surface area (Å²) >= 11 is 27.2. The molecule has 2 aliphatic carbocycles. The summed E-state index contributed by atoms with van der Waals surface area (Å²) in [6, 6.07) is 12.7. The fourth-order valence-corrected chi connectivity index (χ4v) is 12.0. The minimum absolute atomic E-state index is 0.185. The van der Waals surface area contributed by atoms with Crippen LogP contribution in [0.4, 0.5) is 0 Å². The van der Waals surface area contributed by atoms with E-state index in [1.54, 1.807) is 45.8 Å². The molecule has 0 bridgehead atoms. The molecule has 55 heavy (non-hydrogen) atoms.